The molecule has 0 radical (unpaired) electrons. The van der Waals surface area contributed by atoms with Crippen LogP contribution >= 0.6 is 0 Å². The van der Waals surface area contributed by atoms with E-state index in [0.29, 0.717) is 29.7 Å². The molecule has 2 heterocycles. The van der Waals surface area contributed by atoms with E-state index in [9.17, 15) is 4.79 Å². The van der Waals surface area contributed by atoms with Crippen molar-refractivity contribution in [3.8, 4) is 17.2 Å². The monoisotopic (exact) mass is 348 g/mol. The second-order valence-electron chi connectivity index (χ2n) is 5.45. The van der Waals surface area contributed by atoms with E-state index < -0.39 is 0 Å². The highest BCUT2D eigenvalue weighted by Gasteiger charge is 2.19. The van der Waals surface area contributed by atoms with Gasteiger partial charge in [-0.1, -0.05) is 6.92 Å². The molecule has 1 N–H and O–H groups in total. The van der Waals surface area contributed by atoms with Crippen LogP contribution in [-0.2, 0) is 6.61 Å². The minimum Gasteiger partial charge on any atom is -0.484 e. The van der Waals surface area contributed by atoms with Gasteiger partial charge in [-0.25, -0.2) is 4.98 Å². The fourth-order valence-corrected chi connectivity index (χ4v) is 2.45. The lowest BCUT2D eigenvalue weighted by molar-refractivity contribution is 0.0716. The van der Waals surface area contributed by atoms with Crippen LogP contribution in [0, 0.1) is 0 Å². The highest BCUT2D eigenvalue weighted by molar-refractivity contribution is 5.92. The summed E-state index contributed by atoms with van der Waals surface area (Å²) >= 11 is 0. The summed E-state index contributed by atoms with van der Waals surface area (Å²) in [5.41, 5.74) is 0.200. The van der Waals surface area contributed by atoms with Gasteiger partial charge in [-0.15, -0.1) is 0 Å². The largest absolute Gasteiger partial charge is 0.484 e. The minimum absolute atomic E-state index is 0.0840. The molecule has 1 amide bonds. The molecule has 1 aliphatic heterocycles. The number of aliphatic hydroxyl groups excluding tert-OH is 1. The molecule has 0 saturated carbocycles. The zero-order chi connectivity index (χ0) is 17.6. The van der Waals surface area contributed by atoms with Crippen molar-refractivity contribution in [3.63, 3.8) is 0 Å². The van der Waals surface area contributed by atoms with E-state index in [4.69, 9.17) is 23.7 Å². The minimum atomic E-state index is -0.269. The van der Waals surface area contributed by atoms with Gasteiger partial charge in [0.15, 0.2) is 23.8 Å². The number of carbonyl (C=O) groups is 1. The number of benzene rings is 1. The molecule has 134 valence electrons. The summed E-state index contributed by atoms with van der Waals surface area (Å²) in [4.78, 5) is 18.1. The number of hydrogen-bond acceptors (Lipinski definition) is 7. The lowest BCUT2D eigenvalue weighted by atomic mass is 10.3. The van der Waals surface area contributed by atoms with E-state index >= 15 is 0 Å². The zero-order valence-electron chi connectivity index (χ0n) is 13.9. The molecule has 0 saturated heterocycles. The summed E-state index contributed by atoms with van der Waals surface area (Å²) in [6, 6.07) is 5.24. The molecule has 1 aromatic carbocycles. The molecule has 0 spiro atoms. The molecule has 0 fully saturated rings. The standard InChI is InChI=1S/C17H20N2O6/c1-2-5-19(6-7-20)17(21)13-9-23-16(18-13)10-22-12-3-4-14-15(8-12)25-11-24-14/h3-4,8-9,20H,2,5-7,10-11H2,1H3. The van der Waals surface area contributed by atoms with Crippen LogP contribution in [0.5, 0.6) is 17.2 Å². The van der Waals surface area contributed by atoms with Gasteiger partial charge < -0.3 is 28.6 Å². The molecular formula is C17H20N2O6. The highest BCUT2D eigenvalue weighted by atomic mass is 16.7. The van der Waals surface area contributed by atoms with E-state index in [-0.39, 0.29) is 38.2 Å². The summed E-state index contributed by atoms with van der Waals surface area (Å²) in [7, 11) is 0. The SMILES string of the molecule is CCCN(CCO)C(=O)c1coc(COc2ccc3c(c2)OCO3)n1. The van der Waals surface area contributed by atoms with Crippen LogP contribution in [-0.4, -0.2) is 47.4 Å². The normalized spacial score (nSPS) is 12.2. The van der Waals surface area contributed by atoms with Crippen molar-refractivity contribution < 1.29 is 28.5 Å². The number of aromatic nitrogens is 1. The number of oxazole rings is 1. The Kier molecular flexibility index (Phi) is 5.39. The van der Waals surface area contributed by atoms with E-state index in [0.717, 1.165) is 6.42 Å². The van der Waals surface area contributed by atoms with Crippen molar-refractivity contribution in [1.29, 1.82) is 0 Å². The van der Waals surface area contributed by atoms with Gasteiger partial charge in [0.25, 0.3) is 5.91 Å². The van der Waals surface area contributed by atoms with Crippen LogP contribution in [0.15, 0.2) is 28.9 Å². The van der Waals surface area contributed by atoms with Crippen LogP contribution in [0.25, 0.3) is 0 Å². The van der Waals surface area contributed by atoms with Crippen LogP contribution in [0.3, 0.4) is 0 Å². The number of carbonyl (C=O) groups excluding carboxylic acids is 1. The van der Waals surface area contributed by atoms with E-state index in [2.05, 4.69) is 4.98 Å². The number of nitrogens with zero attached hydrogens (tertiary/aromatic N) is 2. The smallest absolute Gasteiger partial charge is 0.275 e. The predicted molar refractivity (Wildman–Crippen MR) is 86.7 cm³/mol. The van der Waals surface area contributed by atoms with Crippen molar-refractivity contribution in [3.05, 3.63) is 36.0 Å². The molecular weight excluding hydrogens is 328 g/mol. The average Bonchev–Trinajstić information content (AvgIpc) is 3.28. The Morgan fingerprint density at radius 2 is 2.16 bits per heavy atom. The lowest BCUT2D eigenvalue weighted by Gasteiger charge is -2.19. The first-order valence-corrected chi connectivity index (χ1v) is 8.08. The van der Waals surface area contributed by atoms with Crippen molar-refractivity contribution in [2.75, 3.05) is 26.5 Å². The van der Waals surface area contributed by atoms with Crippen molar-refractivity contribution in [2.24, 2.45) is 0 Å². The Labute approximate surface area is 144 Å². The molecule has 1 aliphatic rings. The number of aliphatic hydroxyl groups is 1. The fourth-order valence-electron chi connectivity index (χ4n) is 2.45. The maximum atomic E-state index is 12.4. The van der Waals surface area contributed by atoms with E-state index in [1.165, 1.54) is 6.26 Å². The number of ether oxygens (including phenoxy) is 3. The van der Waals surface area contributed by atoms with Crippen LogP contribution in [0.4, 0.5) is 0 Å². The quantitative estimate of drug-likeness (QED) is 0.777. The maximum absolute atomic E-state index is 12.4. The molecule has 3 rings (SSSR count). The van der Waals surface area contributed by atoms with Gasteiger partial charge in [-0.2, -0.15) is 0 Å². The van der Waals surface area contributed by atoms with Crippen molar-refractivity contribution >= 4 is 5.91 Å². The van der Waals surface area contributed by atoms with E-state index in [1.54, 1.807) is 23.1 Å². The van der Waals surface area contributed by atoms with Crippen LogP contribution in [0.2, 0.25) is 0 Å². The molecule has 8 heteroatoms. The Morgan fingerprint density at radius 1 is 1.32 bits per heavy atom. The summed E-state index contributed by atoms with van der Waals surface area (Å²) < 4.78 is 21.4. The van der Waals surface area contributed by atoms with Crippen molar-refractivity contribution in [1.82, 2.24) is 9.88 Å². The molecule has 2 aromatic rings. The second-order valence-corrected chi connectivity index (χ2v) is 5.45. The molecule has 8 nitrogen and oxygen atoms in total. The first-order chi connectivity index (χ1) is 12.2. The van der Waals surface area contributed by atoms with Crippen LogP contribution < -0.4 is 14.2 Å². The van der Waals surface area contributed by atoms with Crippen LogP contribution in [0.1, 0.15) is 29.7 Å². The maximum Gasteiger partial charge on any atom is 0.275 e. The Hall–Kier alpha value is -2.74. The van der Waals surface area contributed by atoms with Gasteiger partial charge in [0.05, 0.1) is 6.61 Å². The van der Waals surface area contributed by atoms with Gasteiger partial charge in [0, 0.05) is 19.2 Å². The topological polar surface area (TPSA) is 94.3 Å². The first-order valence-electron chi connectivity index (χ1n) is 8.08. The van der Waals surface area contributed by atoms with Gasteiger partial charge in [-0.3, -0.25) is 4.79 Å². The number of rotatable bonds is 8. The van der Waals surface area contributed by atoms with Gasteiger partial charge >= 0.3 is 0 Å². The molecule has 0 aliphatic carbocycles. The zero-order valence-corrected chi connectivity index (χ0v) is 13.9. The first kappa shape index (κ1) is 17.1. The molecule has 1 aromatic heterocycles. The highest BCUT2D eigenvalue weighted by Crippen LogP contribution is 2.35. The van der Waals surface area contributed by atoms with Crippen molar-refractivity contribution in [2.45, 2.75) is 20.0 Å². The van der Waals surface area contributed by atoms with Gasteiger partial charge in [0.1, 0.15) is 12.0 Å². The number of hydrogen-bond donors (Lipinski definition) is 1. The number of fused-ring (bicyclic) bond motifs is 1. The molecule has 25 heavy (non-hydrogen) atoms. The molecule has 0 atom stereocenters. The average molecular weight is 348 g/mol. The number of amides is 1. The van der Waals surface area contributed by atoms with Gasteiger partial charge in [0.2, 0.25) is 12.7 Å². The third-order valence-corrected chi connectivity index (χ3v) is 3.63. The Morgan fingerprint density at radius 3 is 2.96 bits per heavy atom. The fraction of sp³-hybridized carbons (Fsp3) is 0.412. The molecule has 0 bridgehead atoms. The Balaban J connectivity index is 1.60. The summed E-state index contributed by atoms with van der Waals surface area (Å²) in [6.07, 6.45) is 2.10. The lowest BCUT2D eigenvalue weighted by Crippen LogP contribution is -2.34. The summed E-state index contributed by atoms with van der Waals surface area (Å²) in [5, 5.41) is 9.06. The Bertz CT molecular complexity index is 724. The molecule has 0 unspecified atom stereocenters. The third kappa shape index (κ3) is 4.03. The van der Waals surface area contributed by atoms with Gasteiger partial charge in [-0.05, 0) is 18.6 Å². The summed E-state index contributed by atoms with van der Waals surface area (Å²) in [5.74, 6) is 1.91. The predicted octanol–water partition coefficient (Wildman–Crippen LogP) is 1.83. The van der Waals surface area contributed by atoms with E-state index in [1.807, 2.05) is 6.92 Å². The summed E-state index contributed by atoms with van der Waals surface area (Å²) in [6.45, 7) is 2.97. The third-order valence-electron chi connectivity index (χ3n) is 3.63. The second kappa shape index (κ2) is 7.89.